The van der Waals surface area contributed by atoms with E-state index in [0.29, 0.717) is 5.69 Å². The van der Waals surface area contributed by atoms with Crippen LogP contribution in [-0.2, 0) is 11.2 Å². The van der Waals surface area contributed by atoms with Gasteiger partial charge >= 0.3 is 0 Å². The molecule has 4 nitrogen and oxygen atoms in total. The Labute approximate surface area is 91.5 Å². The van der Waals surface area contributed by atoms with Crippen molar-refractivity contribution in [2.24, 2.45) is 0 Å². The maximum atomic E-state index is 12.6. The van der Waals surface area contributed by atoms with Gasteiger partial charge in [0, 0.05) is 17.6 Å². The molecule has 1 aromatic carbocycles. The van der Waals surface area contributed by atoms with Crippen LogP contribution in [0.5, 0.6) is 0 Å². The molecule has 1 amide bonds. The SMILES string of the molecule is O=C(Cc1cnc[nH]1)Nc1ccc(F)cc1. The van der Waals surface area contributed by atoms with Gasteiger partial charge in [-0.2, -0.15) is 0 Å². The number of rotatable bonds is 3. The zero-order chi connectivity index (χ0) is 11.4. The van der Waals surface area contributed by atoms with E-state index in [1.54, 1.807) is 6.20 Å². The first kappa shape index (κ1) is 10.4. The number of benzene rings is 1. The molecular weight excluding hydrogens is 209 g/mol. The summed E-state index contributed by atoms with van der Waals surface area (Å²) < 4.78 is 12.6. The number of imidazole rings is 1. The van der Waals surface area contributed by atoms with Crippen LogP contribution >= 0.6 is 0 Å². The first-order chi connectivity index (χ1) is 7.74. The number of carbonyl (C=O) groups is 1. The monoisotopic (exact) mass is 219 g/mol. The zero-order valence-electron chi connectivity index (χ0n) is 8.40. The normalized spacial score (nSPS) is 10.1. The number of anilines is 1. The molecule has 1 heterocycles. The molecule has 2 rings (SSSR count). The third kappa shape index (κ3) is 2.66. The van der Waals surface area contributed by atoms with Crippen molar-refractivity contribution < 1.29 is 9.18 Å². The molecule has 0 saturated heterocycles. The fourth-order valence-electron chi connectivity index (χ4n) is 1.29. The molecule has 0 aliphatic rings. The average Bonchev–Trinajstić information content (AvgIpc) is 2.74. The summed E-state index contributed by atoms with van der Waals surface area (Å²) >= 11 is 0. The molecule has 0 fully saturated rings. The van der Waals surface area contributed by atoms with Crippen LogP contribution in [0.15, 0.2) is 36.8 Å². The van der Waals surface area contributed by atoms with Crippen molar-refractivity contribution in [2.45, 2.75) is 6.42 Å². The predicted octanol–water partition coefficient (Wildman–Crippen LogP) is 1.73. The molecule has 0 aliphatic heterocycles. The minimum atomic E-state index is -0.327. The molecule has 0 unspecified atom stereocenters. The minimum Gasteiger partial charge on any atom is -0.348 e. The van der Waals surface area contributed by atoms with E-state index in [0.717, 1.165) is 5.69 Å². The van der Waals surface area contributed by atoms with Crippen molar-refractivity contribution in [3.8, 4) is 0 Å². The highest BCUT2D eigenvalue weighted by Gasteiger charge is 2.04. The van der Waals surface area contributed by atoms with Crippen molar-refractivity contribution >= 4 is 11.6 Å². The molecule has 2 N–H and O–H groups in total. The van der Waals surface area contributed by atoms with E-state index in [1.165, 1.54) is 30.6 Å². The number of aromatic amines is 1. The standard InChI is InChI=1S/C11H10FN3O/c12-8-1-3-9(4-2-8)15-11(16)5-10-6-13-7-14-10/h1-4,6-7H,5H2,(H,13,14)(H,15,16). The number of amides is 1. The highest BCUT2D eigenvalue weighted by Crippen LogP contribution is 2.08. The molecule has 82 valence electrons. The van der Waals surface area contributed by atoms with Crippen molar-refractivity contribution in [3.63, 3.8) is 0 Å². The largest absolute Gasteiger partial charge is 0.348 e. The Morgan fingerprint density at radius 3 is 2.75 bits per heavy atom. The topological polar surface area (TPSA) is 57.8 Å². The molecule has 0 spiro atoms. The van der Waals surface area contributed by atoms with Crippen LogP contribution in [0.2, 0.25) is 0 Å². The number of aromatic nitrogens is 2. The van der Waals surface area contributed by atoms with E-state index in [9.17, 15) is 9.18 Å². The highest BCUT2D eigenvalue weighted by molar-refractivity contribution is 5.91. The van der Waals surface area contributed by atoms with Crippen molar-refractivity contribution in [3.05, 3.63) is 48.3 Å². The van der Waals surface area contributed by atoms with Gasteiger partial charge in [0.05, 0.1) is 12.7 Å². The van der Waals surface area contributed by atoms with Gasteiger partial charge in [-0.3, -0.25) is 4.79 Å². The second kappa shape index (κ2) is 4.57. The van der Waals surface area contributed by atoms with Crippen LogP contribution in [0.4, 0.5) is 10.1 Å². The number of H-pyrrole nitrogens is 1. The third-order valence-corrected chi connectivity index (χ3v) is 2.03. The molecule has 0 bridgehead atoms. The lowest BCUT2D eigenvalue weighted by atomic mass is 10.3. The number of hydrogen-bond donors (Lipinski definition) is 2. The summed E-state index contributed by atoms with van der Waals surface area (Å²) in [5, 5.41) is 2.65. The molecule has 0 aliphatic carbocycles. The van der Waals surface area contributed by atoms with E-state index < -0.39 is 0 Å². The second-order valence-corrected chi connectivity index (χ2v) is 3.31. The predicted molar refractivity (Wildman–Crippen MR) is 57.3 cm³/mol. The molecular formula is C11H10FN3O. The van der Waals surface area contributed by atoms with Crippen LogP contribution in [-0.4, -0.2) is 15.9 Å². The summed E-state index contributed by atoms with van der Waals surface area (Å²) in [5.74, 6) is -0.498. The number of nitrogens with zero attached hydrogens (tertiary/aromatic N) is 1. The summed E-state index contributed by atoms with van der Waals surface area (Å²) in [7, 11) is 0. The van der Waals surface area contributed by atoms with Gasteiger partial charge < -0.3 is 10.3 Å². The van der Waals surface area contributed by atoms with Crippen LogP contribution < -0.4 is 5.32 Å². The lowest BCUT2D eigenvalue weighted by molar-refractivity contribution is -0.115. The average molecular weight is 219 g/mol. The summed E-state index contributed by atoms with van der Waals surface area (Å²) in [5.41, 5.74) is 1.31. The maximum absolute atomic E-state index is 12.6. The Balaban J connectivity index is 1.95. The summed E-state index contributed by atoms with van der Waals surface area (Å²) in [4.78, 5) is 18.2. The molecule has 1 aromatic heterocycles. The Hall–Kier alpha value is -2.17. The molecule has 16 heavy (non-hydrogen) atoms. The van der Waals surface area contributed by atoms with Gasteiger partial charge in [-0.15, -0.1) is 0 Å². The lowest BCUT2D eigenvalue weighted by Gasteiger charge is -2.03. The number of hydrogen-bond acceptors (Lipinski definition) is 2. The first-order valence-electron chi connectivity index (χ1n) is 4.77. The van der Waals surface area contributed by atoms with Gasteiger partial charge in [-0.1, -0.05) is 0 Å². The Morgan fingerprint density at radius 2 is 2.12 bits per heavy atom. The first-order valence-corrected chi connectivity index (χ1v) is 4.77. The van der Waals surface area contributed by atoms with Crippen LogP contribution in [0.3, 0.4) is 0 Å². The van der Waals surface area contributed by atoms with Crippen molar-refractivity contribution in [1.82, 2.24) is 9.97 Å². The smallest absolute Gasteiger partial charge is 0.230 e. The fourth-order valence-corrected chi connectivity index (χ4v) is 1.29. The minimum absolute atomic E-state index is 0.171. The molecule has 0 atom stereocenters. The number of carbonyl (C=O) groups excluding carboxylic acids is 1. The van der Waals surface area contributed by atoms with Gasteiger partial charge in [0.25, 0.3) is 0 Å². The van der Waals surface area contributed by atoms with Gasteiger partial charge in [-0.25, -0.2) is 9.37 Å². The Kier molecular flexibility index (Phi) is 2.95. The molecule has 2 aromatic rings. The quantitative estimate of drug-likeness (QED) is 0.825. The van der Waals surface area contributed by atoms with Crippen molar-refractivity contribution in [2.75, 3.05) is 5.32 Å². The van der Waals surface area contributed by atoms with Gasteiger partial charge in [0.2, 0.25) is 5.91 Å². The van der Waals surface area contributed by atoms with E-state index in [1.807, 2.05) is 0 Å². The second-order valence-electron chi connectivity index (χ2n) is 3.31. The Bertz CT molecular complexity index is 464. The molecule has 0 radical (unpaired) electrons. The summed E-state index contributed by atoms with van der Waals surface area (Å²) in [6, 6.07) is 5.62. The molecule has 0 saturated carbocycles. The number of halogens is 1. The van der Waals surface area contributed by atoms with Crippen LogP contribution in [0.1, 0.15) is 5.69 Å². The zero-order valence-corrected chi connectivity index (χ0v) is 8.40. The van der Waals surface area contributed by atoms with Gasteiger partial charge in [0.1, 0.15) is 5.82 Å². The lowest BCUT2D eigenvalue weighted by Crippen LogP contribution is -2.14. The summed E-state index contributed by atoms with van der Waals surface area (Å²) in [6.45, 7) is 0. The van der Waals surface area contributed by atoms with E-state index in [4.69, 9.17) is 0 Å². The van der Waals surface area contributed by atoms with Gasteiger partial charge in [0.15, 0.2) is 0 Å². The van der Waals surface area contributed by atoms with E-state index in [2.05, 4.69) is 15.3 Å². The van der Waals surface area contributed by atoms with E-state index in [-0.39, 0.29) is 18.1 Å². The Morgan fingerprint density at radius 1 is 1.38 bits per heavy atom. The van der Waals surface area contributed by atoms with Crippen LogP contribution in [0.25, 0.3) is 0 Å². The van der Waals surface area contributed by atoms with Crippen LogP contribution in [0, 0.1) is 5.82 Å². The van der Waals surface area contributed by atoms with Crippen molar-refractivity contribution in [1.29, 1.82) is 0 Å². The third-order valence-electron chi connectivity index (χ3n) is 2.03. The maximum Gasteiger partial charge on any atom is 0.230 e. The number of nitrogens with one attached hydrogen (secondary N) is 2. The fraction of sp³-hybridized carbons (Fsp3) is 0.0909. The molecule has 5 heteroatoms. The van der Waals surface area contributed by atoms with E-state index >= 15 is 0 Å². The summed E-state index contributed by atoms with van der Waals surface area (Å²) in [6.07, 6.45) is 3.32. The highest BCUT2D eigenvalue weighted by atomic mass is 19.1. The van der Waals surface area contributed by atoms with Gasteiger partial charge in [-0.05, 0) is 24.3 Å².